The number of para-hydroxylation sites is 2. The van der Waals surface area contributed by atoms with Crippen LogP contribution in [0.4, 0.5) is 0 Å². The van der Waals surface area contributed by atoms with E-state index in [1.165, 1.54) is 38.6 Å². The number of fused-ring (bicyclic) bond motifs is 2. The van der Waals surface area contributed by atoms with Gasteiger partial charge < -0.3 is 15.3 Å². The van der Waals surface area contributed by atoms with Crippen molar-refractivity contribution < 1.29 is 0 Å². The van der Waals surface area contributed by atoms with E-state index in [0.717, 1.165) is 6.42 Å². The number of rotatable bonds is 4. The highest BCUT2D eigenvalue weighted by Crippen LogP contribution is 2.32. The minimum atomic E-state index is 0.311. The van der Waals surface area contributed by atoms with Crippen LogP contribution in [0.25, 0.3) is 21.8 Å². The quantitative estimate of drug-likeness (QED) is 0.580. The van der Waals surface area contributed by atoms with Crippen LogP contribution < -0.4 is 5.73 Å². The van der Waals surface area contributed by atoms with Crippen molar-refractivity contribution in [3.8, 4) is 0 Å². The van der Waals surface area contributed by atoms with Crippen molar-refractivity contribution in [3.05, 3.63) is 71.5 Å². The second-order valence-electron chi connectivity index (χ2n) is 6.57. The second kappa shape index (κ2) is 5.84. The molecule has 0 amide bonds. The minimum Gasteiger partial charge on any atom is -0.361 e. The monoisotopic (exact) mass is 317 g/mol. The average molecular weight is 317 g/mol. The molecule has 122 valence electrons. The number of hydrogen-bond donors (Lipinski definition) is 2. The van der Waals surface area contributed by atoms with Gasteiger partial charge in [0.2, 0.25) is 0 Å². The van der Waals surface area contributed by atoms with Crippen molar-refractivity contribution in [1.82, 2.24) is 9.55 Å². The Morgan fingerprint density at radius 3 is 2.54 bits per heavy atom. The maximum absolute atomic E-state index is 6.18. The van der Waals surface area contributed by atoms with Gasteiger partial charge in [-0.1, -0.05) is 36.4 Å². The zero-order valence-corrected chi connectivity index (χ0v) is 14.2. The fourth-order valence-electron chi connectivity index (χ4n) is 3.86. The topological polar surface area (TPSA) is 46.7 Å². The lowest BCUT2D eigenvalue weighted by molar-refractivity contribution is 0.696. The minimum absolute atomic E-state index is 0.311. The van der Waals surface area contributed by atoms with Gasteiger partial charge in [0.15, 0.2) is 0 Å². The van der Waals surface area contributed by atoms with E-state index < -0.39 is 0 Å². The molecule has 0 fully saturated rings. The molecule has 0 spiro atoms. The summed E-state index contributed by atoms with van der Waals surface area (Å²) in [6, 6.07) is 17.1. The third-order valence-electron chi connectivity index (χ3n) is 5.33. The molecule has 4 rings (SSSR count). The van der Waals surface area contributed by atoms with Crippen LogP contribution in [0.3, 0.4) is 0 Å². The summed E-state index contributed by atoms with van der Waals surface area (Å²) in [5.74, 6) is 0.311. The highest BCUT2D eigenvalue weighted by Gasteiger charge is 2.19. The van der Waals surface area contributed by atoms with E-state index >= 15 is 0 Å². The molecule has 1 atom stereocenters. The van der Waals surface area contributed by atoms with Crippen LogP contribution in [-0.4, -0.2) is 16.1 Å². The van der Waals surface area contributed by atoms with Crippen molar-refractivity contribution in [3.63, 3.8) is 0 Å². The maximum Gasteiger partial charge on any atom is 0.0482 e. The van der Waals surface area contributed by atoms with Gasteiger partial charge in [-0.2, -0.15) is 0 Å². The summed E-state index contributed by atoms with van der Waals surface area (Å²) >= 11 is 0. The number of nitrogens with two attached hydrogens (primary N) is 1. The van der Waals surface area contributed by atoms with Crippen LogP contribution in [0.5, 0.6) is 0 Å². The molecule has 2 aromatic carbocycles. The molecule has 0 aliphatic heterocycles. The number of nitrogens with one attached hydrogen (secondary N) is 1. The standard InChI is InChI=1S/C21H23N3/c1-14-18(17-8-4-6-10-21(17)24(14)2)11-15(12-22)19-13-23-20-9-5-3-7-16(19)20/h3-10,13,15,23H,11-12,22H2,1-2H3. The lowest BCUT2D eigenvalue weighted by Crippen LogP contribution is -2.15. The number of nitrogens with zero attached hydrogens (tertiary/aromatic N) is 1. The lowest BCUT2D eigenvalue weighted by atomic mass is 9.90. The van der Waals surface area contributed by atoms with Crippen molar-refractivity contribution in [2.75, 3.05) is 6.54 Å². The zero-order chi connectivity index (χ0) is 16.7. The van der Waals surface area contributed by atoms with Crippen LogP contribution in [-0.2, 0) is 13.5 Å². The van der Waals surface area contributed by atoms with Crippen molar-refractivity contribution in [2.24, 2.45) is 12.8 Å². The number of H-pyrrole nitrogens is 1. The Bertz CT molecular complexity index is 1010. The maximum atomic E-state index is 6.18. The molecule has 3 heteroatoms. The smallest absolute Gasteiger partial charge is 0.0482 e. The van der Waals surface area contributed by atoms with Crippen molar-refractivity contribution in [2.45, 2.75) is 19.3 Å². The van der Waals surface area contributed by atoms with Crippen LogP contribution in [0.2, 0.25) is 0 Å². The SMILES string of the molecule is Cc1c(CC(CN)c2c[nH]c3ccccc23)c2ccccc2n1C. The van der Waals surface area contributed by atoms with E-state index in [4.69, 9.17) is 5.73 Å². The Balaban J connectivity index is 1.80. The predicted octanol–water partition coefficient (Wildman–Crippen LogP) is 4.25. The van der Waals surface area contributed by atoms with E-state index in [9.17, 15) is 0 Å². The molecule has 4 aromatic rings. The van der Waals surface area contributed by atoms with E-state index in [1.54, 1.807) is 0 Å². The van der Waals surface area contributed by atoms with Gasteiger partial charge in [0.05, 0.1) is 0 Å². The molecule has 2 heterocycles. The van der Waals surface area contributed by atoms with Crippen LogP contribution in [0, 0.1) is 6.92 Å². The molecule has 0 saturated heterocycles. The Morgan fingerprint density at radius 1 is 1.04 bits per heavy atom. The summed E-state index contributed by atoms with van der Waals surface area (Å²) in [6.45, 7) is 2.85. The highest BCUT2D eigenvalue weighted by atomic mass is 14.9. The summed E-state index contributed by atoms with van der Waals surface area (Å²) in [4.78, 5) is 3.38. The number of aromatic amines is 1. The molecule has 2 aromatic heterocycles. The Hall–Kier alpha value is -2.52. The van der Waals surface area contributed by atoms with Gasteiger partial charge in [-0.15, -0.1) is 0 Å². The fraction of sp³-hybridized carbons (Fsp3) is 0.238. The Morgan fingerprint density at radius 2 is 1.75 bits per heavy atom. The molecule has 0 radical (unpaired) electrons. The van der Waals surface area contributed by atoms with E-state index in [-0.39, 0.29) is 0 Å². The zero-order valence-electron chi connectivity index (χ0n) is 14.2. The first-order valence-electron chi connectivity index (χ1n) is 8.49. The molecule has 3 nitrogen and oxygen atoms in total. The molecule has 0 saturated carbocycles. The van der Waals surface area contributed by atoms with E-state index in [0.29, 0.717) is 12.5 Å². The van der Waals surface area contributed by atoms with Gasteiger partial charge in [0.25, 0.3) is 0 Å². The number of aryl methyl sites for hydroxylation is 1. The molecular formula is C21H23N3. The highest BCUT2D eigenvalue weighted by molar-refractivity contribution is 5.86. The third kappa shape index (κ3) is 2.24. The summed E-state index contributed by atoms with van der Waals surface area (Å²) in [5, 5.41) is 2.63. The van der Waals surface area contributed by atoms with Gasteiger partial charge in [-0.3, -0.25) is 0 Å². The fourth-order valence-corrected chi connectivity index (χ4v) is 3.86. The first kappa shape index (κ1) is 15.0. The van der Waals surface area contributed by atoms with Gasteiger partial charge in [-0.25, -0.2) is 0 Å². The summed E-state index contributed by atoms with van der Waals surface area (Å²) < 4.78 is 2.29. The molecule has 3 N–H and O–H groups in total. The molecule has 0 aliphatic carbocycles. The van der Waals surface area contributed by atoms with Crippen LogP contribution >= 0.6 is 0 Å². The largest absolute Gasteiger partial charge is 0.361 e. The summed E-state index contributed by atoms with van der Waals surface area (Å²) in [7, 11) is 2.14. The second-order valence-corrected chi connectivity index (χ2v) is 6.57. The third-order valence-corrected chi connectivity index (χ3v) is 5.33. The normalized spacial score (nSPS) is 13.0. The van der Waals surface area contributed by atoms with Crippen molar-refractivity contribution >= 4 is 21.8 Å². The lowest BCUT2D eigenvalue weighted by Gasteiger charge is -2.15. The first-order chi connectivity index (χ1) is 11.7. The molecular weight excluding hydrogens is 294 g/mol. The predicted molar refractivity (Wildman–Crippen MR) is 101 cm³/mol. The van der Waals surface area contributed by atoms with Gasteiger partial charge in [-0.05, 0) is 43.1 Å². The van der Waals surface area contributed by atoms with Crippen LogP contribution in [0.1, 0.15) is 22.7 Å². The average Bonchev–Trinajstić information content (AvgIpc) is 3.15. The Labute approximate surface area is 142 Å². The summed E-state index contributed by atoms with van der Waals surface area (Å²) in [6.07, 6.45) is 3.09. The van der Waals surface area contributed by atoms with E-state index in [1.807, 2.05) is 0 Å². The van der Waals surface area contributed by atoms with Gasteiger partial charge in [0, 0.05) is 46.7 Å². The van der Waals surface area contributed by atoms with Gasteiger partial charge >= 0.3 is 0 Å². The molecule has 0 aliphatic rings. The van der Waals surface area contributed by atoms with Gasteiger partial charge in [0.1, 0.15) is 0 Å². The number of hydrogen-bond acceptors (Lipinski definition) is 1. The molecule has 0 bridgehead atoms. The number of benzene rings is 2. The molecule has 24 heavy (non-hydrogen) atoms. The van der Waals surface area contributed by atoms with Crippen molar-refractivity contribution in [1.29, 1.82) is 0 Å². The van der Waals surface area contributed by atoms with Crippen LogP contribution in [0.15, 0.2) is 54.7 Å². The first-order valence-corrected chi connectivity index (χ1v) is 8.49. The van der Waals surface area contributed by atoms with E-state index in [2.05, 4.69) is 78.3 Å². The number of aromatic nitrogens is 2. The molecule has 1 unspecified atom stereocenters. The summed E-state index contributed by atoms with van der Waals surface area (Å²) in [5.41, 5.74) is 12.7. The Kier molecular flexibility index (Phi) is 3.66.